The van der Waals surface area contributed by atoms with Gasteiger partial charge in [0.2, 0.25) is 15.7 Å². The smallest absolute Gasteiger partial charge is 0.245 e. The van der Waals surface area contributed by atoms with Gasteiger partial charge in [0.05, 0.1) is 0 Å². The van der Waals surface area contributed by atoms with Crippen LogP contribution in [0.15, 0.2) is 59.8 Å². The lowest BCUT2D eigenvalue weighted by atomic mass is 10.1. The van der Waals surface area contributed by atoms with Crippen LogP contribution in [0.3, 0.4) is 0 Å². The number of carbonyl (C=O) groups excluding carboxylic acids is 1. The number of rotatable bonds is 6. The largest absolute Gasteiger partial charge is 0.342 e. The summed E-state index contributed by atoms with van der Waals surface area (Å²) in [6.45, 7) is 4.57. The van der Waals surface area contributed by atoms with Crippen LogP contribution in [-0.2, 0) is 14.6 Å². The van der Waals surface area contributed by atoms with E-state index in [0.717, 1.165) is 0 Å². The quantitative estimate of drug-likeness (QED) is 0.815. The fraction of sp³-hybridized carbons (Fsp3) is 0.294. The minimum absolute atomic E-state index is 0.0886. The normalized spacial score (nSPS) is 12.6. The van der Waals surface area contributed by atoms with Gasteiger partial charge in [-0.25, -0.2) is 13.4 Å². The van der Waals surface area contributed by atoms with Crippen molar-refractivity contribution in [3.8, 4) is 0 Å². The van der Waals surface area contributed by atoms with E-state index in [-0.39, 0.29) is 5.03 Å². The number of benzene rings is 1. The Hall–Kier alpha value is -2.21. The second-order valence-corrected chi connectivity index (χ2v) is 6.99. The maximum Gasteiger partial charge on any atom is 0.245 e. The highest BCUT2D eigenvalue weighted by Gasteiger charge is 2.38. The fourth-order valence-electron chi connectivity index (χ4n) is 2.42. The van der Waals surface area contributed by atoms with E-state index in [0.29, 0.717) is 18.7 Å². The summed E-state index contributed by atoms with van der Waals surface area (Å²) in [5.74, 6) is -0.424. The second kappa shape index (κ2) is 7.37. The molecule has 0 aliphatic carbocycles. The molecule has 0 aliphatic rings. The van der Waals surface area contributed by atoms with E-state index >= 15 is 0 Å². The first-order chi connectivity index (χ1) is 11.0. The van der Waals surface area contributed by atoms with Crippen LogP contribution in [0.4, 0.5) is 0 Å². The van der Waals surface area contributed by atoms with Crippen molar-refractivity contribution in [2.45, 2.75) is 24.1 Å². The summed E-state index contributed by atoms with van der Waals surface area (Å²) in [7, 11) is -3.92. The molecule has 2 aromatic rings. The summed E-state index contributed by atoms with van der Waals surface area (Å²) in [5, 5.41) is -1.37. The molecule has 0 fully saturated rings. The Bertz CT molecular complexity index is 742. The number of likely N-dealkylation sites (N-methyl/N-ethyl adjacent to an activating group) is 1. The summed E-state index contributed by atoms with van der Waals surface area (Å²) < 4.78 is 26.0. The zero-order valence-electron chi connectivity index (χ0n) is 13.2. The molecule has 122 valence electrons. The lowest BCUT2D eigenvalue weighted by Crippen LogP contribution is -2.38. The van der Waals surface area contributed by atoms with E-state index in [4.69, 9.17) is 0 Å². The predicted molar refractivity (Wildman–Crippen MR) is 88.5 cm³/mol. The van der Waals surface area contributed by atoms with Crippen LogP contribution in [0.1, 0.15) is 24.7 Å². The van der Waals surface area contributed by atoms with E-state index in [2.05, 4.69) is 4.98 Å². The van der Waals surface area contributed by atoms with Crippen molar-refractivity contribution in [3.63, 3.8) is 0 Å². The van der Waals surface area contributed by atoms with Crippen molar-refractivity contribution in [2.75, 3.05) is 13.1 Å². The summed E-state index contributed by atoms with van der Waals surface area (Å²) >= 11 is 0. The molecule has 1 heterocycles. The van der Waals surface area contributed by atoms with Crippen molar-refractivity contribution in [1.29, 1.82) is 0 Å². The van der Waals surface area contributed by atoms with Gasteiger partial charge in [-0.1, -0.05) is 36.4 Å². The Morgan fingerprint density at radius 1 is 1.04 bits per heavy atom. The average molecular weight is 332 g/mol. The highest BCUT2D eigenvalue weighted by molar-refractivity contribution is 7.92. The van der Waals surface area contributed by atoms with E-state index < -0.39 is 21.0 Å². The van der Waals surface area contributed by atoms with Crippen LogP contribution in [0, 0.1) is 0 Å². The molecule has 0 radical (unpaired) electrons. The van der Waals surface area contributed by atoms with Crippen LogP contribution >= 0.6 is 0 Å². The molecule has 0 saturated heterocycles. The van der Waals surface area contributed by atoms with Gasteiger partial charge in [-0.15, -0.1) is 0 Å². The van der Waals surface area contributed by atoms with Crippen LogP contribution in [-0.4, -0.2) is 37.3 Å². The maximum absolute atomic E-state index is 13.0. The molecule has 1 aromatic heterocycles. The van der Waals surface area contributed by atoms with Crippen LogP contribution in [0.2, 0.25) is 0 Å². The Kier molecular flexibility index (Phi) is 5.50. The SMILES string of the molecule is CCN(CC)C(=O)C(c1ccccc1)S(=O)(=O)c1ccccn1. The van der Waals surface area contributed by atoms with Gasteiger partial charge in [-0.3, -0.25) is 4.79 Å². The molecule has 0 bridgehead atoms. The highest BCUT2D eigenvalue weighted by Crippen LogP contribution is 2.29. The molecular weight excluding hydrogens is 312 g/mol. The molecule has 0 spiro atoms. The van der Waals surface area contributed by atoms with Gasteiger partial charge in [0.15, 0.2) is 10.3 Å². The number of sulfone groups is 1. The zero-order valence-corrected chi connectivity index (χ0v) is 14.0. The Labute approximate surface area is 136 Å². The van der Waals surface area contributed by atoms with Gasteiger partial charge in [-0.2, -0.15) is 0 Å². The van der Waals surface area contributed by atoms with Gasteiger partial charge in [0, 0.05) is 19.3 Å². The highest BCUT2D eigenvalue weighted by atomic mass is 32.2. The molecule has 0 N–H and O–H groups in total. The molecule has 1 unspecified atom stereocenters. The van der Waals surface area contributed by atoms with Gasteiger partial charge in [0.25, 0.3) is 0 Å². The van der Waals surface area contributed by atoms with E-state index in [9.17, 15) is 13.2 Å². The monoisotopic (exact) mass is 332 g/mol. The van der Waals surface area contributed by atoms with Crippen molar-refractivity contribution < 1.29 is 13.2 Å². The summed E-state index contributed by atoms with van der Waals surface area (Å²) in [5.41, 5.74) is 0.454. The first-order valence-corrected chi connectivity index (χ1v) is 9.05. The van der Waals surface area contributed by atoms with E-state index in [1.165, 1.54) is 17.2 Å². The number of amides is 1. The molecule has 6 heteroatoms. The molecule has 23 heavy (non-hydrogen) atoms. The molecule has 1 amide bonds. The third kappa shape index (κ3) is 3.59. The maximum atomic E-state index is 13.0. The fourth-order valence-corrected chi connectivity index (χ4v) is 4.07. The lowest BCUT2D eigenvalue weighted by molar-refractivity contribution is -0.130. The summed E-state index contributed by atoms with van der Waals surface area (Å²) in [4.78, 5) is 18.3. The number of carbonyl (C=O) groups is 1. The zero-order chi connectivity index (χ0) is 16.9. The molecule has 0 aliphatic heterocycles. The number of nitrogens with zero attached hydrogens (tertiary/aromatic N) is 2. The summed E-state index contributed by atoms with van der Waals surface area (Å²) in [6.07, 6.45) is 1.41. The molecule has 1 aromatic carbocycles. The minimum atomic E-state index is -3.92. The van der Waals surface area contributed by atoms with Crippen molar-refractivity contribution >= 4 is 15.7 Å². The molecule has 0 saturated carbocycles. The number of pyridine rings is 1. The minimum Gasteiger partial charge on any atom is -0.342 e. The van der Waals surface area contributed by atoms with Gasteiger partial charge in [-0.05, 0) is 31.5 Å². The third-order valence-corrected chi connectivity index (χ3v) is 5.56. The lowest BCUT2D eigenvalue weighted by Gasteiger charge is -2.25. The standard InChI is InChI=1S/C17H20N2O3S/c1-3-19(4-2)17(20)16(14-10-6-5-7-11-14)23(21,22)15-12-8-9-13-18-15/h5-13,16H,3-4H2,1-2H3. The first-order valence-electron chi connectivity index (χ1n) is 7.51. The topological polar surface area (TPSA) is 67.3 Å². The van der Waals surface area contributed by atoms with Crippen molar-refractivity contribution in [1.82, 2.24) is 9.88 Å². The Morgan fingerprint density at radius 3 is 2.17 bits per heavy atom. The average Bonchev–Trinajstić information content (AvgIpc) is 2.58. The van der Waals surface area contributed by atoms with Crippen molar-refractivity contribution in [2.24, 2.45) is 0 Å². The molecule has 2 rings (SSSR count). The molecule has 5 nitrogen and oxygen atoms in total. The van der Waals surface area contributed by atoms with Crippen LogP contribution < -0.4 is 0 Å². The van der Waals surface area contributed by atoms with Crippen LogP contribution in [0.25, 0.3) is 0 Å². The molecule has 1 atom stereocenters. The number of aromatic nitrogens is 1. The van der Waals surface area contributed by atoms with Crippen molar-refractivity contribution in [3.05, 3.63) is 60.3 Å². The van der Waals surface area contributed by atoms with E-state index in [1.807, 2.05) is 13.8 Å². The number of hydrogen-bond acceptors (Lipinski definition) is 4. The van der Waals surface area contributed by atoms with Gasteiger partial charge in [0.1, 0.15) is 0 Å². The number of hydrogen-bond donors (Lipinski definition) is 0. The van der Waals surface area contributed by atoms with Gasteiger partial charge >= 0.3 is 0 Å². The summed E-state index contributed by atoms with van der Waals surface area (Å²) in [6, 6.07) is 13.2. The molecular formula is C17H20N2O3S. The second-order valence-electron chi connectivity index (χ2n) is 5.01. The van der Waals surface area contributed by atoms with Gasteiger partial charge < -0.3 is 4.90 Å². The third-order valence-electron chi connectivity index (χ3n) is 3.64. The van der Waals surface area contributed by atoms with Crippen LogP contribution in [0.5, 0.6) is 0 Å². The Balaban J connectivity index is 2.57. The predicted octanol–water partition coefficient (Wildman–Crippen LogP) is 2.47. The first kappa shape index (κ1) is 17.1. The van der Waals surface area contributed by atoms with E-state index in [1.54, 1.807) is 42.5 Å². The Morgan fingerprint density at radius 2 is 1.65 bits per heavy atom.